The Hall–Kier alpha value is -2.78. The van der Waals surface area contributed by atoms with Crippen LogP contribution >= 0.6 is 0 Å². The number of rotatable bonds is 4. The van der Waals surface area contributed by atoms with Crippen molar-refractivity contribution in [2.45, 2.75) is 24.3 Å². The summed E-state index contributed by atoms with van der Waals surface area (Å²) in [6.45, 7) is 0.877. The van der Waals surface area contributed by atoms with Crippen LogP contribution < -0.4 is 11.1 Å². The summed E-state index contributed by atoms with van der Waals surface area (Å²) in [5, 5.41) is 0. The molecule has 0 spiro atoms. The van der Waals surface area contributed by atoms with Gasteiger partial charge in [0.25, 0.3) is 11.1 Å². The largest absolute Gasteiger partial charge is 0.308 e. The van der Waals surface area contributed by atoms with Gasteiger partial charge < -0.3 is 4.57 Å². The molecule has 0 aromatic carbocycles. The minimum Gasteiger partial charge on any atom is -0.308 e. The Morgan fingerprint density at radius 1 is 1.00 bits per heavy atom. The zero-order chi connectivity index (χ0) is 19.0. The molecule has 0 N–H and O–H groups in total. The van der Waals surface area contributed by atoms with E-state index in [0.717, 1.165) is 12.8 Å². The van der Waals surface area contributed by atoms with Crippen molar-refractivity contribution in [2.24, 2.45) is 0 Å². The normalized spacial score (nSPS) is 15.4. The van der Waals surface area contributed by atoms with E-state index >= 15 is 0 Å². The molecule has 0 unspecified atom stereocenters. The highest BCUT2D eigenvalue weighted by molar-refractivity contribution is 7.89. The second-order valence-corrected chi connectivity index (χ2v) is 8.34. The van der Waals surface area contributed by atoms with Crippen molar-refractivity contribution in [3.8, 4) is 0 Å². The second-order valence-electron chi connectivity index (χ2n) is 6.43. The Morgan fingerprint density at radius 3 is 2.56 bits per heavy atom. The van der Waals surface area contributed by atoms with Crippen LogP contribution in [0, 0.1) is 0 Å². The molecule has 1 fully saturated rings. The zero-order valence-electron chi connectivity index (χ0n) is 14.5. The maximum Gasteiger partial charge on any atom is 0.271 e. The van der Waals surface area contributed by atoms with Crippen LogP contribution in [0.1, 0.15) is 18.5 Å². The Bertz CT molecular complexity index is 1220. The zero-order valence-corrected chi connectivity index (χ0v) is 15.3. The van der Waals surface area contributed by atoms with Crippen LogP contribution in [0.4, 0.5) is 0 Å². The van der Waals surface area contributed by atoms with E-state index in [9.17, 15) is 18.0 Å². The van der Waals surface area contributed by atoms with E-state index in [0.29, 0.717) is 24.4 Å². The third-order valence-corrected chi connectivity index (χ3v) is 6.54. The molecule has 140 valence electrons. The van der Waals surface area contributed by atoms with Crippen molar-refractivity contribution < 1.29 is 8.42 Å². The van der Waals surface area contributed by atoms with E-state index in [1.807, 2.05) is 0 Å². The van der Waals surface area contributed by atoms with Gasteiger partial charge in [0.1, 0.15) is 10.5 Å². The number of pyridine rings is 2. The third-order valence-electron chi connectivity index (χ3n) is 4.62. The van der Waals surface area contributed by atoms with E-state index in [-0.39, 0.29) is 17.0 Å². The van der Waals surface area contributed by atoms with Gasteiger partial charge in [-0.1, -0.05) is 6.07 Å². The molecule has 0 amide bonds. The van der Waals surface area contributed by atoms with Crippen LogP contribution in [0.25, 0.3) is 5.65 Å². The maximum absolute atomic E-state index is 12.8. The topological polar surface area (TPSA) is 93.8 Å². The first-order valence-corrected chi connectivity index (χ1v) is 10.1. The summed E-state index contributed by atoms with van der Waals surface area (Å²) in [6.07, 6.45) is 4.71. The first-order chi connectivity index (χ1) is 13.0. The molecule has 0 radical (unpaired) electrons. The molecular formula is C18H18N4O4S. The quantitative estimate of drug-likeness (QED) is 0.658. The molecule has 8 nitrogen and oxygen atoms in total. The van der Waals surface area contributed by atoms with Gasteiger partial charge in [0.05, 0.1) is 12.2 Å². The van der Waals surface area contributed by atoms with Gasteiger partial charge in [0.15, 0.2) is 0 Å². The van der Waals surface area contributed by atoms with Crippen LogP contribution in [0.15, 0.2) is 63.3 Å². The lowest BCUT2D eigenvalue weighted by atomic mass is 10.3. The second kappa shape index (κ2) is 6.75. The Labute approximate surface area is 155 Å². The molecule has 3 aromatic heterocycles. The highest BCUT2D eigenvalue weighted by Gasteiger charge is 2.29. The van der Waals surface area contributed by atoms with Gasteiger partial charge in [-0.3, -0.25) is 14.0 Å². The van der Waals surface area contributed by atoms with E-state index in [2.05, 4.69) is 4.98 Å². The van der Waals surface area contributed by atoms with Crippen molar-refractivity contribution in [2.75, 3.05) is 13.1 Å². The summed E-state index contributed by atoms with van der Waals surface area (Å²) in [5.74, 6) is 0. The maximum atomic E-state index is 12.8. The number of hydrogen-bond acceptors (Lipinski definition) is 5. The number of aromatic nitrogens is 3. The summed E-state index contributed by atoms with van der Waals surface area (Å²) in [4.78, 5) is 29.1. The lowest BCUT2D eigenvalue weighted by Crippen LogP contribution is -2.34. The van der Waals surface area contributed by atoms with Crippen molar-refractivity contribution in [3.05, 3.63) is 75.2 Å². The SMILES string of the molecule is O=c1c(S(=O)(=O)N2CCCC2)cccn1Cc1cc(=O)n2ccccc2n1. The van der Waals surface area contributed by atoms with Gasteiger partial charge in [-0.25, -0.2) is 13.4 Å². The molecule has 4 rings (SSSR count). The average molecular weight is 386 g/mol. The molecule has 0 aliphatic carbocycles. The van der Waals surface area contributed by atoms with E-state index in [1.165, 1.54) is 37.7 Å². The first kappa shape index (κ1) is 17.6. The molecule has 0 atom stereocenters. The summed E-state index contributed by atoms with van der Waals surface area (Å²) in [5.41, 5.74) is -0.0122. The lowest BCUT2D eigenvalue weighted by Gasteiger charge is -2.16. The third kappa shape index (κ3) is 3.19. The summed E-state index contributed by atoms with van der Waals surface area (Å²) in [6, 6.07) is 9.39. The predicted octanol–water partition coefficient (Wildman–Crippen LogP) is 0.689. The van der Waals surface area contributed by atoms with Crippen LogP contribution in [0.2, 0.25) is 0 Å². The van der Waals surface area contributed by atoms with E-state index in [4.69, 9.17) is 0 Å². The molecule has 1 aliphatic rings. The fourth-order valence-corrected chi connectivity index (χ4v) is 4.87. The highest BCUT2D eigenvalue weighted by atomic mass is 32.2. The summed E-state index contributed by atoms with van der Waals surface area (Å²) in [7, 11) is -3.81. The molecule has 4 heterocycles. The summed E-state index contributed by atoms with van der Waals surface area (Å²) < 4.78 is 29.5. The van der Waals surface area contributed by atoms with Gasteiger partial charge in [-0.05, 0) is 37.1 Å². The number of sulfonamides is 1. The van der Waals surface area contributed by atoms with Crippen molar-refractivity contribution in [1.82, 2.24) is 18.3 Å². The highest BCUT2D eigenvalue weighted by Crippen LogP contribution is 2.18. The smallest absolute Gasteiger partial charge is 0.271 e. The Morgan fingerprint density at radius 2 is 1.78 bits per heavy atom. The van der Waals surface area contributed by atoms with Crippen LogP contribution in [0.5, 0.6) is 0 Å². The van der Waals surface area contributed by atoms with Crippen molar-refractivity contribution >= 4 is 15.7 Å². The Kier molecular flexibility index (Phi) is 4.40. The first-order valence-electron chi connectivity index (χ1n) is 8.64. The molecule has 27 heavy (non-hydrogen) atoms. The molecule has 1 aliphatic heterocycles. The number of fused-ring (bicyclic) bond motifs is 1. The monoisotopic (exact) mass is 386 g/mol. The average Bonchev–Trinajstić information content (AvgIpc) is 3.19. The fourth-order valence-electron chi connectivity index (χ4n) is 3.26. The van der Waals surface area contributed by atoms with Gasteiger partial charge >= 0.3 is 0 Å². The van der Waals surface area contributed by atoms with E-state index < -0.39 is 15.6 Å². The van der Waals surface area contributed by atoms with Gasteiger partial charge in [-0.15, -0.1) is 0 Å². The Balaban J connectivity index is 1.74. The van der Waals surface area contributed by atoms with Crippen molar-refractivity contribution in [1.29, 1.82) is 0 Å². The summed E-state index contributed by atoms with van der Waals surface area (Å²) >= 11 is 0. The minimum absolute atomic E-state index is 0.0167. The van der Waals surface area contributed by atoms with Gasteiger partial charge in [0.2, 0.25) is 10.0 Å². The van der Waals surface area contributed by atoms with Gasteiger partial charge in [-0.2, -0.15) is 4.31 Å². The minimum atomic E-state index is -3.81. The molecular weight excluding hydrogens is 368 g/mol. The number of nitrogens with zero attached hydrogens (tertiary/aromatic N) is 4. The molecule has 0 bridgehead atoms. The fraction of sp³-hybridized carbons (Fsp3) is 0.278. The molecule has 9 heteroatoms. The molecule has 1 saturated heterocycles. The molecule has 3 aromatic rings. The van der Waals surface area contributed by atoms with Crippen LogP contribution in [-0.4, -0.2) is 39.8 Å². The van der Waals surface area contributed by atoms with Crippen molar-refractivity contribution in [3.63, 3.8) is 0 Å². The van der Waals surface area contributed by atoms with Crippen LogP contribution in [0.3, 0.4) is 0 Å². The number of hydrogen-bond donors (Lipinski definition) is 0. The predicted molar refractivity (Wildman–Crippen MR) is 99.3 cm³/mol. The van der Waals surface area contributed by atoms with Crippen LogP contribution in [-0.2, 0) is 16.6 Å². The standard InChI is InChI=1S/C18H18N4O4S/c23-17-12-14(19-16-7-1-2-11-22(16)17)13-20-8-5-6-15(18(20)24)27(25,26)21-9-3-4-10-21/h1-2,5-8,11-12H,3-4,9-10,13H2. The molecule has 0 saturated carbocycles. The van der Waals surface area contributed by atoms with E-state index in [1.54, 1.807) is 24.4 Å². The lowest BCUT2D eigenvalue weighted by molar-refractivity contribution is 0.475. The van der Waals surface area contributed by atoms with Gasteiger partial charge in [0, 0.05) is 31.5 Å².